The summed E-state index contributed by atoms with van der Waals surface area (Å²) in [6, 6.07) is 4.44. The number of ether oxygens (including phenoxy) is 1. The Morgan fingerprint density at radius 2 is 2.12 bits per heavy atom. The molecule has 0 aromatic heterocycles. The first-order valence-electron chi connectivity index (χ1n) is 5.28. The molecule has 0 heterocycles. The fourth-order valence-corrected chi connectivity index (χ4v) is 1.64. The number of nitrogens with one attached hydrogen (secondary N) is 1. The van der Waals surface area contributed by atoms with Gasteiger partial charge in [-0.2, -0.15) is 0 Å². The molecule has 17 heavy (non-hydrogen) atoms. The first-order chi connectivity index (χ1) is 7.95. The minimum Gasteiger partial charge on any atom is -0.495 e. The van der Waals surface area contributed by atoms with Gasteiger partial charge in [-0.1, -0.05) is 25.4 Å². The van der Waals surface area contributed by atoms with Crippen LogP contribution in [0.15, 0.2) is 18.2 Å². The summed E-state index contributed by atoms with van der Waals surface area (Å²) >= 11 is 5.89. The van der Waals surface area contributed by atoms with Gasteiger partial charge in [0.25, 0.3) is 0 Å². The Labute approximate surface area is 106 Å². The molecular weight excluding hydrogens is 242 g/mol. The third-order valence-electron chi connectivity index (χ3n) is 2.41. The largest absolute Gasteiger partial charge is 0.495 e. The number of carbonyl (C=O) groups is 1. The number of hydrogen-bond acceptors (Lipinski definition) is 3. The summed E-state index contributed by atoms with van der Waals surface area (Å²) in [5.74, 6) is -0.382. The van der Waals surface area contributed by atoms with Crippen molar-refractivity contribution in [1.82, 2.24) is 0 Å². The highest BCUT2D eigenvalue weighted by molar-refractivity contribution is 6.32. The van der Waals surface area contributed by atoms with Gasteiger partial charge < -0.3 is 15.2 Å². The molecule has 94 valence electrons. The van der Waals surface area contributed by atoms with Gasteiger partial charge in [-0.15, -0.1) is 0 Å². The van der Waals surface area contributed by atoms with Crippen LogP contribution in [-0.2, 0) is 4.79 Å². The Kier molecular flexibility index (Phi) is 4.63. The van der Waals surface area contributed by atoms with Crippen LogP contribution in [0.25, 0.3) is 0 Å². The van der Waals surface area contributed by atoms with E-state index >= 15 is 0 Å². The van der Waals surface area contributed by atoms with Gasteiger partial charge in [0.2, 0.25) is 0 Å². The van der Waals surface area contributed by atoms with Gasteiger partial charge in [0.1, 0.15) is 11.8 Å². The third kappa shape index (κ3) is 3.53. The zero-order chi connectivity index (χ0) is 13.0. The van der Waals surface area contributed by atoms with E-state index in [9.17, 15) is 4.79 Å². The number of rotatable bonds is 5. The van der Waals surface area contributed by atoms with Crippen molar-refractivity contribution in [3.05, 3.63) is 23.2 Å². The monoisotopic (exact) mass is 257 g/mol. The summed E-state index contributed by atoms with van der Waals surface area (Å²) in [6.07, 6.45) is 0. The summed E-state index contributed by atoms with van der Waals surface area (Å²) in [6.45, 7) is 3.69. The first kappa shape index (κ1) is 13.6. The quantitative estimate of drug-likeness (QED) is 0.852. The van der Waals surface area contributed by atoms with Crippen LogP contribution in [-0.4, -0.2) is 24.2 Å². The van der Waals surface area contributed by atoms with Crippen molar-refractivity contribution in [2.45, 2.75) is 19.9 Å². The van der Waals surface area contributed by atoms with Crippen LogP contribution in [0.5, 0.6) is 5.75 Å². The number of carboxylic acid groups (broad SMARTS) is 1. The number of methoxy groups -OCH3 is 1. The number of hydrogen-bond donors (Lipinski definition) is 2. The van der Waals surface area contributed by atoms with Crippen molar-refractivity contribution >= 4 is 23.3 Å². The molecule has 1 aromatic rings. The minimum atomic E-state index is -0.881. The molecule has 1 aromatic carbocycles. The highest BCUT2D eigenvalue weighted by atomic mass is 35.5. The van der Waals surface area contributed by atoms with E-state index in [0.29, 0.717) is 16.5 Å². The molecule has 0 radical (unpaired) electrons. The van der Waals surface area contributed by atoms with Crippen molar-refractivity contribution in [2.24, 2.45) is 5.92 Å². The van der Waals surface area contributed by atoms with Gasteiger partial charge in [-0.25, -0.2) is 4.79 Å². The molecule has 0 bridgehead atoms. The lowest BCUT2D eigenvalue weighted by Gasteiger charge is -2.19. The predicted molar refractivity (Wildman–Crippen MR) is 67.9 cm³/mol. The molecule has 0 fully saturated rings. The van der Waals surface area contributed by atoms with Crippen molar-refractivity contribution in [3.63, 3.8) is 0 Å². The molecule has 0 saturated heterocycles. The molecule has 1 atom stereocenters. The molecule has 1 unspecified atom stereocenters. The smallest absolute Gasteiger partial charge is 0.326 e. The normalized spacial score (nSPS) is 12.3. The van der Waals surface area contributed by atoms with Crippen LogP contribution in [0.3, 0.4) is 0 Å². The second-order valence-electron chi connectivity index (χ2n) is 4.05. The van der Waals surface area contributed by atoms with Gasteiger partial charge in [0.15, 0.2) is 0 Å². The fourth-order valence-electron chi connectivity index (χ4n) is 1.44. The molecule has 4 nitrogen and oxygen atoms in total. The van der Waals surface area contributed by atoms with E-state index in [2.05, 4.69) is 5.32 Å². The zero-order valence-corrected chi connectivity index (χ0v) is 10.8. The van der Waals surface area contributed by atoms with Crippen LogP contribution < -0.4 is 10.1 Å². The molecule has 0 saturated carbocycles. The lowest BCUT2D eigenvalue weighted by molar-refractivity contribution is -0.138. The Bertz CT molecular complexity index is 407. The summed E-state index contributed by atoms with van der Waals surface area (Å²) < 4.78 is 5.07. The predicted octanol–water partition coefficient (Wildman–Crippen LogP) is 2.87. The minimum absolute atomic E-state index is 0.0193. The Balaban J connectivity index is 2.90. The van der Waals surface area contributed by atoms with E-state index in [1.807, 2.05) is 13.8 Å². The average molecular weight is 258 g/mol. The van der Waals surface area contributed by atoms with Crippen LogP contribution in [0, 0.1) is 5.92 Å². The highest BCUT2D eigenvalue weighted by Crippen LogP contribution is 2.28. The topological polar surface area (TPSA) is 58.6 Å². The van der Waals surface area contributed by atoms with Crippen LogP contribution in [0.4, 0.5) is 5.69 Å². The van der Waals surface area contributed by atoms with Crippen molar-refractivity contribution in [1.29, 1.82) is 0 Å². The molecule has 0 spiro atoms. The van der Waals surface area contributed by atoms with Crippen LogP contribution in [0.2, 0.25) is 5.02 Å². The Hall–Kier alpha value is -1.42. The number of halogens is 1. The van der Waals surface area contributed by atoms with Gasteiger partial charge in [-0.3, -0.25) is 0 Å². The van der Waals surface area contributed by atoms with E-state index < -0.39 is 12.0 Å². The molecule has 0 amide bonds. The molecular formula is C12H16ClNO3. The first-order valence-corrected chi connectivity index (χ1v) is 5.66. The highest BCUT2D eigenvalue weighted by Gasteiger charge is 2.21. The summed E-state index contributed by atoms with van der Waals surface area (Å²) in [7, 11) is 1.52. The van der Waals surface area contributed by atoms with E-state index in [1.54, 1.807) is 18.2 Å². The molecule has 2 N–H and O–H groups in total. The number of aliphatic carboxylic acids is 1. The van der Waals surface area contributed by atoms with Crippen LogP contribution in [0.1, 0.15) is 13.8 Å². The van der Waals surface area contributed by atoms with Crippen molar-refractivity contribution in [3.8, 4) is 5.75 Å². The van der Waals surface area contributed by atoms with Crippen molar-refractivity contribution < 1.29 is 14.6 Å². The number of anilines is 1. The van der Waals surface area contributed by atoms with E-state index in [-0.39, 0.29) is 5.92 Å². The lowest BCUT2D eigenvalue weighted by Crippen LogP contribution is -2.34. The van der Waals surface area contributed by atoms with Gasteiger partial charge in [-0.05, 0) is 18.1 Å². The second-order valence-corrected chi connectivity index (χ2v) is 4.46. The summed E-state index contributed by atoms with van der Waals surface area (Å²) in [5, 5.41) is 12.5. The number of benzene rings is 1. The fraction of sp³-hybridized carbons (Fsp3) is 0.417. The standard InChI is InChI=1S/C12H16ClNO3/c1-7(2)11(12(15)16)14-8-4-5-9(13)10(6-8)17-3/h4-7,11,14H,1-3H3,(H,15,16). The Morgan fingerprint density at radius 3 is 2.59 bits per heavy atom. The molecule has 0 aliphatic rings. The zero-order valence-electron chi connectivity index (χ0n) is 10.0. The SMILES string of the molecule is COc1cc(NC(C(=O)O)C(C)C)ccc1Cl. The third-order valence-corrected chi connectivity index (χ3v) is 2.72. The lowest BCUT2D eigenvalue weighted by atomic mass is 10.0. The summed E-state index contributed by atoms with van der Waals surface area (Å²) in [5.41, 5.74) is 0.673. The maximum atomic E-state index is 11.0. The van der Waals surface area contributed by atoms with Gasteiger partial charge >= 0.3 is 5.97 Å². The van der Waals surface area contributed by atoms with E-state index in [1.165, 1.54) is 7.11 Å². The molecule has 5 heteroatoms. The van der Waals surface area contributed by atoms with Gasteiger partial charge in [0.05, 0.1) is 12.1 Å². The molecule has 0 aliphatic heterocycles. The maximum Gasteiger partial charge on any atom is 0.326 e. The average Bonchev–Trinajstić information content (AvgIpc) is 2.26. The van der Waals surface area contributed by atoms with Gasteiger partial charge in [0, 0.05) is 11.8 Å². The van der Waals surface area contributed by atoms with Crippen molar-refractivity contribution in [2.75, 3.05) is 12.4 Å². The maximum absolute atomic E-state index is 11.0. The Morgan fingerprint density at radius 1 is 1.47 bits per heavy atom. The van der Waals surface area contributed by atoms with E-state index in [0.717, 1.165) is 0 Å². The molecule has 1 rings (SSSR count). The summed E-state index contributed by atoms with van der Waals surface area (Å²) in [4.78, 5) is 11.0. The van der Waals surface area contributed by atoms with Crippen LogP contribution >= 0.6 is 11.6 Å². The molecule has 0 aliphatic carbocycles. The second kappa shape index (κ2) is 5.77. The number of carboxylic acids is 1. The van der Waals surface area contributed by atoms with E-state index in [4.69, 9.17) is 21.4 Å².